The van der Waals surface area contributed by atoms with Gasteiger partial charge >= 0.3 is 0 Å². The molecule has 0 aliphatic carbocycles. The smallest absolute Gasteiger partial charge is 0.120 e. The molecule has 0 radical (unpaired) electrons. The van der Waals surface area contributed by atoms with Crippen LogP contribution in [0.5, 0.6) is 5.75 Å². The maximum Gasteiger partial charge on any atom is 0.120 e. The third-order valence-corrected chi connectivity index (χ3v) is 5.19. The number of hydrogen-bond donors (Lipinski definition) is 0. The summed E-state index contributed by atoms with van der Waals surface area (Å²) in [6, 6.07) is 10.7. The Morgan fingerprint density at radius 1 is 1.00 bits per heavy atom. The van der Waals surface area contributed by atoms with Crippen LogP contribution in [0.15, 0.2) is 42.7 Å². The van der Waals surface area contributed by atoms with Crippen LogP contribution in [0.4, 0.5) is 11.4 Å². The molecule has 1 fully saturated rings. The number of pyridine rings is 1. The van der Waals surface area contributed by atoms with Crippen molar-refractivity contribution in [3.05, 3.63) is 48.3 Å². The van der Waals surface area contributed by atoms with Gasteiger partial charge < -0.3 is 14.5 Å². The molecular weight excluding hydrogens is 322 g/mol. The maximum atomic E-state index is 6.17. The molecule has 0 amide bonds. The van der Waals surface area contributed by atoms with Crippen molar-refractivity contribution in [1.29, 1.82) is 0 Å². The minimum absolute atomic E-state index is 0.328. The van der Waals surface area contributed by atoms with Crippen LogP contribution in [0.3, 0.4) is 0 Å². The molecule has 4 nitrogen and oxygen atoms in total. The second-order valence-electron chi connectivity index (χ2n) is 7.06. The van der Waals surface area contributed by atoms with Gasteiger partial charge in [0, 0.05) is 49.9 Å². The van der Waals surface area contributed by atoms with Gasteiger partial charge in [0.1, 0.15) is 5.75 Å². The summed E-state index contributed by atoms with van der Waals surface area (Å²) in [4.78, 5) is 9.03. The molecule has 3 rings (SSSR count). The second kappa shape index (κ2) is 8.93. The molecule has 0 saturated carbocycles. The normalized spacial score (nSPS) is 15.8. The Labute approximate surface area is 157 Å². The minimum atomic E-state index is 0.328. The summed E-state index contributed by atoms with van der Waals surface area (Å²) in [5.74, 6) is 1.00. The van der Waals surface area contributed by atoms with E-state index in [1.165, 1.54) is 16.9 Å². The van der Waals surface area contributed by atoms with E-state index in [4.69, 9.17) is 4.74 Å². The first-order valence-corrected chi connectivity index (χ1v) is 9.88. The van der Waals surface area contributed by atoms with Crippen molar-refractivity contribution in [3.8, 4) is 5.75 Å². The van der Waals surface area contributed by atoms with Gasteiger partial charge in [-0.15, -0.1) is 0 Å². The number of benzene rings is 1. The number of piperazine rings is 1. The van der Waals surface area contributed by atoms with Gasteiger partial charge in [-0.25, -0.2) is 0 Å². The van der Waals surface area contributed by atoms with E-state index in [0.717, 1.165) is 51.2 Å². The highest BCUT2D eigenvalue weighted by molar-refractivity contribution is 5.57. The molecule has 1 aromatic carbocycles. The second-order valence-corrected chi connectivity index (χ2v) is 7.06. The Bertz CT molecular complexity index is 681. The summed E-state index contributed by atoms with van der Waals surface area (Å²) < 4.78 is 6.17. The highest BCUT2D eigenvalue weighted by Gasteiger charge is 2.19. The Hall–Kier alpha value is -2.23. The maximum absolute atomic E-state index is 6.17. The molecule has 2 heterocycles. The molecule has 1 atom stereocenters. The van der Waals surface area contributed by atoms with Crippen LogP contribution >= 0.6 is 0 Å². The van der Waals surface area contributed by atoms with Crippen molar-refractivity contribution in [1.82, 2.24) is 4.98 Å². The molecule has 0 N–H and O–H groups in total. The highest BCUT2D eigenvalue weighted by Crippen LogP contribution is 2.28. The highest BCUT2D eigenvalue weighted by atomic mass is 16.5. The predicted octanol–water partition coefficient (Wildman–Crippen LogP) is 4.67. The molecule has 0 bridgehead atoms. The minimum Gasteiger partial charge on any atom is -0.490 e. The van der Waals surface area contributed by atoms with E-state index >= 15 is 0 Å². The van der Waals surface area contributed by atoms with Crippen LogP contribution in [-0.2, 0) is 0 Å². The third kappa shape index (κ3) is 4.48. The fourth-order valence-corrected chi connectivity index (χ4v) is 3.68. The van der Waals surface area contributed by atoms with Gasteiger partial charge in [0.25, 0.3) is 0 Å². The average molecular weight is 354 g/mol. The summed E-state index contributed by atoms with van der Waals surface area (Å²) >= 11 is 0. The predicted molar refractivity (Wildman–Crippen MR) is 109 cm³/mol. The van der Waals surface area contributed by atoms with Gasteiger partial charge in [-0.05, 0) is 55.7 Å². The molecule has 1 unspecified atom stereocenters. The zero-order chi connectivity index (χ0) is 18.4. The average Bonchev–Trinajstić information content (AvgIpc) is 2.69. The van der Waals surface area contributed by atoms with E-state index < -0.39 is 0 Å². The number of aryl methyl sites for hydroxylation is 1. The van der Waals surface area contributed by atoms with Crippen LogP contribution in [0.1, 0.15) is 38.7 Å². The fourth-order valence-electron chi connectivity index (χ4n) is 3.68. The van der Waals surface area contributed by atoms with Crippen LogP contribution in [-0.4, -0.2) is 37.3 Å². The Kier molecular flexibility index (Phi) is 6.37. The molecular formula is C22H31N3O. The van der Waals surface area contributed by atoms with E-state index in [2.05, 4.69) is 65.9 Å². The number of ether oxygens (including phenoxy) is 1. The van der Waals surface area contributed by atoms with E-state index in [0.29, 0.717) is 6.10 Å². The largest absolute Gasteiger partial charge is 0.490 e. The van der Waals surface area contributed by atoms with Gasteiger partial charge in [-0.1, -0.05) is 20.3 Å². The molecule has 1 saturated heterocycles. The first-order valence-electron chi connectivity index (χ1n) is 9.88. The molecule has 4 heteroatoms. The first-order chi connectivity index (χ1) is 12.7. The first kappa shape index (κ1) is 18.6. The van der Waals surface area contributed by atoms with Crippen molar-refractivity contribution >= 4 is 11.4 Å². The lowest BCUT2D eigenvalue weighted by atomic mass is 10.1. The monoisotopic (exact) mass is 353 g/mol. The van der Waals surface area contributed by atoms with Gasteiger partial charge in [-0.3, -0.25) is 4.98 Å². The number of nitrogens with zero attached hydrogens (tertiary/aromatic N) is 3. The molecule has 26 heavy (non-hydrogen) atoms. The van der Waals surface area contributed by atoms with Gasteiger partial charge in [-0.2, -0.15) is 0 Å². The van der Waals surface area contributed by atoms with Crippen LogP contribution in [0.2, 0.25) is 0 Å². The van der Waals surface area contributed by atoms with Crippen molar-refractivity contribution in [2.24, 2.45) is 0 Å². The zero-order valence-corrected chi connectivity index (χ0v) is 16.3. The van der Waals surface area contributed by atoms with E-state index in [-0.39, 0.29) is 0 Å². The van der Waals surface area contributed by atoms with Gasteiger partial charge in [0.05, 0.1) is 6.10 Å². The van der Waals surface area contributed by atoms with Crippen molar-refractivity contribution in [3.63, 3.8) is 0 Å². The number of anilines is 2. The summed E-state index contributed by atoms with van der Waals surface area (Å²) in [7, 11) is 0. The van der Waals surface area contributed by atoms with Crippen LogP contribution < -0.4 is 14.5 Å². The number of hydrogen-bond acceptors (Lipinski definition) is 4. The summed E-state index contributed by atoms with van der Waals surface area (Å²) in [5.41, 5.74) is 3.89. The lowest BCUT2D eigenvalue weighted by Gasteiger charge is -2.38. The summed E-state index contributed by atoms with van der Waals surface area (Å²) in [6.45, 7) is 10.8. The van der Waals surface area contributed by atoms with Gasteiger partial charge in [0.15, 0.2) is 0 Å². The standard InChI is InChI=1S/C22H31N3O/c1-4-6-20(5-2)26-21-7-8-22(18(3)17-21)25-15-13-24(14-16-25)19-9-11-23-12-10-19/h7-12,17,20H,4-6,13-16H2,1-3H3. The third-order valence-electron chi connectivity index (χ3n) is 5.19. The Balaban J connectivity index is 1.62. The molecule has 1 aliphatic heterocycles. The molecule has 140 valence electrons. The van der Waals surface area contributed by atoms with E-state index in [9.17, 15) is 0 Å². The number of rotatable bonds is 7. The Morgan fingerprint density at radius 3 is 2.31 bits per heavy atom. The summed E-state index contributed by atoms with van der Waals surface area (Å²) in [5, 5.41) is 0. The molecule has 1 aromatic heterocycles. The lowest BCUT2D eigenvalue weighted by molar-refractivity contribution is 0.185. The topological polar surface area (TPSA) is 28.6 Å². The quantitative estimate of drug-likeness (QED) is 0.723. The SMILES string of the molecule is CCCC(CC)Oc1ccc(N2CCN(c3ccncc3)CC2)c(C)c1. The zero-order valence-electron chi connectivity index (χ0n) is 16.3. The van der Waals surface area contributed by atoms with Crippen LogP contribution in [0.25, 0.3) is 0 Å². The molecule has 0 spiro atoms. The van der Waals surface area contributed by atoms with Crippen molar-refractivity contribution in [2.45, 2.75) is 46.1 Å². The van der Waals surface area contributed by atoms with E-state index in [1.807, 2.05) is 12.4 Å². The van der Waals surface area contributed by atoms with Crippen LogP contribution in [0, 0.1) is 6.92 Å². The molecule has 1 aliphatic rings. The van der Waals surface area contributed by atoms with E-state index in [1.54, 1.807) is 0 Å². The Morgan fingerprint density at radius 2 is 1.69 bits per heavy atom. The molecule has 2 aromatic rings. The lowest BCUT2D eigenvalue weighted by Crippen LogP contribution is -2.46. The number of aromatic nitrogens is 1. The summed E-state index contributed by atoms with van der Waals surface area (Å²) in [6.07, 6.45) is 7.41. The van der Waals surface area contributed by atoms with Crippen molar-refractivity contribution in [2.75, 3.05) is 36.0 Å². The van der Waals surface area contributed by atoms with Gasteiger partial charge in [0.2, 0.25) is 0 Å². The fraction of sp³-hybridized carbons (Fsp3) is 0.500. The van der Waals surface area contributed by atoms with Crippen molar-refractivity contribution < 1.29 is 4.74 Å².